The first-order valence-electron chi connectivity index (χ1n) is 28.7. The van der Waals surface area contributed by atoms with Gasteiger partial charge in [-0.3, -0.25) is 14.6 Å². The number of anilines is 2. The van der Waals surface area contributed by atoms with Crippen molar-refractivity contribution in [1.29, 1.82) is 0 Å². The molecule has 3 heterocycles. The minimum atomic E-state index is -0.0148. The van der Waals surface area contributed by atoms with Crippen molar-refractivity contribution in [2.75, 3.05) is 98.0 Å². The molecule has 2 aromatic heterocycles. The number of carbonyl (C=O) groups is 2. The number of likely N-dealkylation sites (N-methyl/N-ethyl adjacent to an activating group) is 1. The number of likely N-dealkylation sites (tertiary alicyclic amines) is 1. The van der Waals surface area contributed by atoms with Crippen molar-refractivity contribution >= 4 is 46.4 Å². The SMILES string of the molecule is C/C=C(C)/C(C(/C=C\C=O)=C/N(C)Cc1ccnc(CCC(=O)NCCOCCCCCOCCN(C)Sc2ccc(NCC#Cc3cc4c(NC5CCN(C)CC5)cccc4n3CC(C)(C)C)c(OC)c2)c1)=C(/C)CC.CC. The fraction of sp³-hybridized carbons (Fsp3) is 0.523. The number of ether oxygens (including phenoxy) is 3. The Morgan fingerprint density at radius 2 is 1.71 bits per heavy atom. The lowest BCUT2D eigenvalue weighted by atomic mass is 9.92. The number of aromatic nitrogens is 2. The second-order valence-electron chi connectivity index (χ2n) is 21.4. The molecule has 79 heavy (non-hydrogen) atoms. The Kier molecular flexibility index (Phi) is 29.7. The van der Waals surface area contributed by atoms with E-state index in [2.05, 4.69) is 168 Å². The summed E-state index contributed by atoms with van der Waals surface area (Å²) in [5.41, 5.74) is 11.0. The number of fused-ring (bicyclic) bond motifs is 1. The van der Waals surface area contributed by atoms with E-state index in [4.69, 9.17) is 14.2 Å². The van der Waals surface area contributed by atoms with Gasteiger partial charge in [0.2, 0.25) is 5.91 Å². The van der Waals surface area contributed by atoms with Gasteiger partial charge in [-0.05, 0) is 199 Å². The molecule has 13 nitrogen and oxygen atoms in total. The number of pyridine rings is 1. The van der Waals surface area contributed by atoms with Crippen molar-refractivity contribution in [1.82, 2.24) is 29.0 Å². The third kappa shape index (κ3) is 23.4. The number of hydrogen-bond donors (Lipinski definition) is 3. The van der Waals surface area contributed by atoms with Gasteiger partial charge in [-0.15, -0.1) is 0 Å². The highest BCUT2D eigenvalue weighted by atomic mass is 32.2. The highest BCUT2D eigenvalue weighted by Crippen LogP contribution is 2.33. The summed E-state index contributed by atoms with van der Waals surface area (Å²) in [6, 6.07) is 19.6. The molecule has 0 saturated carbocycles. The quantitative estimate of drug-likeness (QED) is 0.0111. The number of unbranched alkanes of at least 4 members (excludes halogenated alkanes) is 2. The minimum absolute atomic E-state index is 0.0148. The molecule has 0 aliphatic carbocycles. The molecule has 1 saturated heterocycles. The maximum atomic E-state index is 12.6. The Morgan fingerprint density at radius 3 is 2.41 bits per heavy atom. The summed E-state index contributed by atoms with van der Waals surface area (Å²) in [5.74, 6) is 7.68. The fourth-order valence-corrected chi connectivity index (χ4v) is 10.1. The van der Waals surface area contributed by atoms with E-state index in [1.54, 1.807) is 31.3 Å². The molecule has 1 aliphatic heterocycles. The van der Waals surface area contributed by atoms with E-state index in [1.807, 2.05) is 40.0 Å². The van der Waals surface area contributed by atoms with Crippen LogP contribution in [0.5, 0.6) is 5.75 Å². The smallest absolute Gasteiger partial charge is 0.220 e. The Bertz CT molecular complexity index is 2680. The first-order chi connectivity index (χ1) is 38.1. The highest BCUT2D eigenvalue weighted by molar-refractivity contribution is 7.97. The summed E-state index contributed by atoms with van der Waals surface area (Å²) in [6.45, 7) is 27.3. The highest BCUT2D eigenvalue weighted by Gasteiger charge is 2.21. The molecule has 0 unspecified atom stereocenters. The van der Waals surface area contributed by atoms with Crippen molar-refractivity contribution in [3.05, 3.63) is 124 Å². The van der Waals surface area contributed by atoms with Gasteiger partial charge in [-0.25, -0.2) is 4.31 Å². The van der Waals surface area contributed by atoms with Crippen LogP contribution in [-0.4, -0.2) is 129 Å². The summed E-state index contributed by atoms with van der Waals surface area (Å²) < 4.78 is 22.1. The number of nitrogens with one attached hydrogen (secondary N) is 3. The van der Waals surface area contributed by atoms with Crippen LogP contribution in [0.25, 0.3) is 10.9 Å². The molecule has 2 aromatic carbocycles. The van der Waals surface area contributed by atoms with Gasteiger partial charge in [0.05, 0.1) is 43.8 Å². The molecular weight excluding hydrogens is 1000 g/mol. The van der Waals surface area contributed by atoms with Gasteiger partial charge in [-0.2, -0.15) is 0 Å². The molecule has 3 N–H and O–H groups in total. The van der Waals surface area contributed by atoms with Crippen LogP contribution in [0.2, 0.25) is 0 Å². The number of amides is 1. The largest absolute Gasteiger partial charge is 0.495 e. The predicted octanol–water partition coefficient (Wildman–Crippen LogP) is 12.7. The summed E-state index contributed by atoms with van der Waals surface area (Å²) in [7, 11) is 8.01. The van der Waals surface area contributed by atoms with Crippen LogP contribution in [0.4, 0.5) is 11.4 Å². The topological polar surface area (TPSA) is 125 Å². The number of piperidine rings is 1. The number of allylic oxidation sites excluding steroid dienone is 7. The lowest BCUT2D eigenvalue weighted by molar-refractivity contribution is -0.121. The van der Waals surface area contributed by atoms with E-state index in [9.17, 15) is 9.59 Å². The van der Waals surface area contributed by atoms with Crippen LogP contribution >= 0.6 is 11.9 Å². The van der Waals surface area contributed by atoms with Crippen LogP contribution in [0.1, 0.15) is 124 Å². The van der Waals surface area contributed by atoms with Gasteiger partial charge in [-0.1, -0.05) is 65.2 Å². The second kappa shape index (κ2) is 35.7. The Balaban J connectivity index is 0.00000664. The van der Waals surface area contributed by atoms with Crippen molar-refractivity contribution in [2.24, 2.45) is 5.41 Å². The van der Waals surface area contributed by atoms with Gasteiger partial charge in [0.15, 0.2) is 0 Å². The maximum absolute atomic E-state index is 12.6. The number of benzene rings is 2. The fourth-order valence-electron chi connectivity index (χ4n) is 9.28. The predicted molar refractivity (Wildman–Crippen MR) is 332 cm³/mol. The zero-order valence-electron chi connectivity index (χ0n) is 50.4. The zero-order valence-corrected chi connectivity index (χ0v) is 51.2. The molecule has 4 aromatic rings. The number of rotatable bonds is 31. The van der Waals surface area contributed by atoms with E-state index in [1.165, 1.54) is 27.7 Å². The number of aryl methyl sites for hydroxylation is 1. The molecule has 14 heteroatoms. The molecule has 0 radical (unpaired) electrons. The molecule has 1 amide bonds. The Morgan fingerprint density at radius 1 is 0.962 bits per heavy atom. The van der Waals surface area contributed by atoms with Crippen LogP contribution in [0.15, 0.2) is 112 Å². The van der Waals surface area contributed by atoms with Crippen LogP contribution < -0.4 is 20.7 Å². The van der Waals surface area contributed by atoms with E-state index < -0.39 is 0 Å². The van der Waals surface area contributed by atoms with Gasteiger partial charge in [0.1, 0.15) is 12.0 Å². The number of methoxy groups -OCH3 is 1. The second-order valence-corrected chi connectivity index (χ2v) is 22.6. The number of aldehydes is 1. The molecule has 1 aliphatic rings. The van der Waals surface area contributed by atoms with Gasteiger partial charge < -0.3 is 44.5 Å². The molecule has 0 atom stereocenters. The van der Waals surface area contributed by atoms with Crippen molar-refractivity contribution in [3.63, 3.8) is 0 Å². The molecular formula is C65H96N8O5S. The summed E-state index contributed by atoms with van der Waals surface area (Å²) >= 11 is 1.67. The van der Waals surface area contributed by atoms with Crippen LogP contribution in [0.3, 0.4) is 0 Å². The lowest BCUT2D eigenvalue weighted by Gasteiger charge is -2.30. The average molecular weight is 1100 g/mol. The van der Waals surface area contributed by atoms with E-state index in [0.717, 1.165) is 115 Å². The number of carbonyl (C=O) groups excluding carboxylic acids is 2. The van der Waals surface area contributed by atoms with Gasteiger partial charge in [0, 0.05) is 93.0 Å². The van der Waals surface area contributed by atoms with E-state index in [-0.39, 0.29) is 11.3 Å². The third-order valence-corrected chi connectivity index (χ3v) is 14.5. The van der Waals surface area contributed by atoms with Crippen molar-refractivity contribution in [2.45, 2.75) is 138 Å². The summed E-state index contributed by atoms with van der Waals surface area (Å²) in [5, 5.41) is 11.6. The molecule has 0 bridgehead atoms. The zero-order chi connectivity index (χ0) is 57.6. The minimum Gasteiger partial charge on any atom is -0.495 e. The van der Waals surface area contributed by atoms with Crippen LogP contribution in [-0.2, 0) is 38.6 Å². The van der Waals surface area contributed by atoms with Crippen molar-refractivity contribution < 1.29 is 23.8 Å². The molecule has 5 rings (SSSR count). The Labute approximate surface area is 480 Å². The average Bonchev–Trinajstić information content (AvgIpc) is 3.86. The van der Waals surface area contributed by atoms with Crippen molar-refractivity contribution in [3.8, 4) is 17.6 Å². The van der Waals surface area contributed by atoms with Crippen LogP contribution in [0, 0.1) is 17.3 Å². The third-order valence-electron chi connectivity index (χ3n) is 13.6. The number of hydrogen-bond acceptors (Lipinski definition) is 12. The standard InChI is InChI=1S/C63H90N8O5S.C2H6/c1-12-48(3)62(49(4)13-2)51(20-19-37-72)46-69(9)45-50-28-32-64-53(42-50)24-27-61(73)66-33-40-75-38-15-14-16-39-76-41-36-70(10)77-55-25-26-58(60(44-55)74-11)65-31-18-21-54-43-56-57(67-52-29-34-68(8)35-30-52)22-17-23-59(56)71(54)47-63(5,6)7;1-2/h12,17,19-20,22-23,25-26,28,32,37,42-44,46,52,65,67H,13-16,24,27,29-31,33-36,38-41,45,47H2,1-11H3,(H,66,73);1-2H3/b20-19-,48-12+,51-46+,62-49+;. The van der Waals surface area contributed by atoms with E-state index >= 15 is 0 Å². The Hall–Kier alpha value is -5.82. The molecule has 0 spiro atoms. The maximum Gasteiger partial charge on any atom is 0.220 e. The van der Waals surface area contributed by atoms with E-state index in [0.29, 0.717) is 64.9 Å². The molecule has 432 valence electrons. The van der Waals surface area contributed by atoms with Gasteiger partial charge >= 0.3 is 0 Å². The summed E-state index contributed by atoms with van der Waals surface area (Å²) in [4.78, 5) is 34.0. The lowest BCUT2D eigenvalue weighted by Crippen LogP contribution is -2.36. The first-order valence-corrected chi connectivity index (χ1v) is 29.5. The monoisotopic (exact) mass is 1100 g/mol. The van der Waals surface area contributed by atoms with Gasteiger partial charge in [0.25, 0.3) is 0 Å². The summed E-state index contributed by atoms with van der Waals surface area (Å²) in [6.07, 6.45) is 17.3. The molecule has 1 fully saturated rings. The first kappa shape index (κ1) is 65.7. The normalized spacial score (nSPS) is 13.9. The number of nitrogens with zero attached hydrogens (tertiary/aromatic N) is 5.